The van der Waals surface area contributed by atoms with Crippen LogP contribution >= 0.6 is 0 Å². The molecule has 0 saturated carbocycles. The number of para-hydroxylation sites is 1. The van der Waals surface area contributed by atoms with Gasteiger partial charge in [0.25, 0.3) is 5.91 Å². The molecule has 138 valence electrons. The fourth-order valence-corrected chi connectivity index (χ4v) is 3.12. The largest absolute Gasteiger partial charge is 0.484 e. The second-order valence-corrected chi connectivity index (χ2v) is 6.25. The molecule has 0 radical (unpaired) electrons. The van der Waals surface area contributed by atoms with Crippen LogP contribution in [-0.2, 0) is 4.79 Å². The molecule has 0 spiro atoms. The van der Waals surface area contributed by atoms with Gasteiger partial charge >= 0.3 is 0 Å². The number of rotatable bonds is 5. The van der Waals surface area contributed by atoms with E-state index in [9.17, 15) is 4.79 Å². The zero-order valence-corrected chi connectivity index (χ0v) is 14.7. The van der Waals surface area contributed by atoms with Crippen LogP contribution in [0, 0.1) is 0 Å². The maximum atomic E-state index is 12.7. The third-order valence-electron chi connectivity index (χ3n) is 4.45. The zero-order valence-electron chi connectivity index (χ0n) is 14.7. The summed E-state index contributed by atoms with van der Waals surface area (Å²) in [5.41, 5.74) is 0.536. The fourth-order valence-electron chi connectivity index (χ4n) is 3.12. The molecule has 1 atom stereocenters. The number of piperidine rings is 1. The molecule has 0 unspecified atom stereocenters. The molecule has 1 aliphatic heterocycles. The first-order valence-corrected chi connectivity index (χ1v) is 8.88. The quantitative estimate of drug-likeness (QED) is 0.686. The van der Waals surface area contributed by atoms with Gasteiger partial charge < -0.3 is 14.2 Å². The van der Waals surface area contributed by atoms with Gasteiger partial charge in [-0.1, -0.05) is 23.4 Å². The van der Waals surface area contributed by atoms with Crippen molar-refractivity contribution < 1.29 is 14.1 Å². The van der Waals surface area contributed by atoms with E-state index in [0.29, 0.717) is 29.7 Å². The van der Waals surface area contributed by atoms with Crippen molar-refractivity contribution in [1.82, 2.24) is 25.0 Å². The summed E-state index contributed by atoms with van der Waals surface area (Å²) >= 11 is 0. The van der Waals surface area contributed by atoms with Crippen LogP contribution in [0.4, 0.5) is 0 Å². The van der Waals surface area contributed by atoms with Crippen LogP contribution in [0.3, 0.4) is 0 Å². The van der Waals surface area contributed by atoms with Crippen molar-refractivity contribution in [3.05, 3.63) is 54.8 Å². The number of carbonyl (C=O) groups is 1. The lowest BCUT2D eigenvalue weighted by atomic mass is 10.0. The number of hydrogen-bond acceptors (Lipinski definition) is 7. The third kappa shape index (κ3) is 3.94. The Labute approximate surface area is 156 Å². The predicted octanol–water partition coefficient (Wildman–Crippen LogP) is 2.66. The minimum atomic E-state index is -0.247. The van der Waals surface area contributed by atoms with Crippen molar-refractivity contribution in [1.29, 1.82) is 0 Å². The van der Waals surface area contributed by atoms with Gasteiger partial charge in [0.15, 0.2) is 6.61 Å². The number of nitrogens with zero attached hydrogens (tertiary/aromatic N) is 5. The maximum absolute atomic E-state index is 12.7. The molecule has 3 heterocycles. The summed E-state index contributed by atoms with van der Waals surface area (Å²) in [6, 6.07) is 9.05. The van der Waals surface area contributed by atoms with Gasteiger partial charge in [-0.05, 0) is 31.4 Å². The molecule has 1 fully saturated rings. The summed E-state index contributed by atoms with van der Waals surface area (Å²) in [4.78, 5) is 27.1. The smallest absolute Gasteiger partial charge is 0.261 e. The van der Waals surface area contributed by atoms with Crippen molar-refractivity contribution in [2.24, 2.45) is 0 Å². The molecule has 0 aliphatic carbocycles. The van der Waals surface area contributed by atoms with E-state index in [2.05, 4.69) is 20.1 Å². The number of likely N-dealkylation sites (tertiary alicyclic amines) is 1. The van der Waals surface area contributed by atoms with Gasteiger partial charge in [-0.25, -0.2) is 4.98 Å². The minimum absolute atomic E-state index is 0.0222. The molecule has 27 heavy (non-hydrogen) atoms. The van der Waals surface area contributed by atoms with Crippen LogP contribution in [0.15, 0.2) is 53.4 Å². The van der Waals surface area contributed by atoms with Crippen LogP contribution in [0.2, 0.25) is 0 Å². The summed E-state index contributed by atoms with van der Waals surface area (Å²) < 4.78 is 11.0. The van der Waals surface area contributed by atoms with Crippen LogP contribution < -0.4 is 4.74 Å². The van der Waals surface area contributed by atoms with Gasteiger partial charge in [0.2, 0.25) is 11.7 Å². The Morgan fingerprint density at radius 2 is 2.11 bits per heavy atom. The summed E-state index contributed by atoms with van der Waals surface area (Å²) in [7, 11) is 0. The average molecular weight is 365 g/mol. The summed E-state index contributed by atoms with van der Waals surface area (Å²) in [5, 5.41) is 3.99. The number of ether oxygens (including phenoxy) is 1. The Morgan fingerprint density at radius 3 is 2.93 bits per heavy atom. The van der Waals surface area contributed by atoms with Crippen LogP contribution in [0.5, 0.6) is 5.75 Å². The molecule has 1 aromatic carbocycles. The molecule has 0 bridgehead atoms. The summed E-state index contributed by atoms with van der Waals surface area (Å²) in [5.74, 6) is 1.37. The Bertz CT molecular complexity index is 885. The van der Waals surface area contributed by atoms with E-state index in [4.69, 9.17) is 9.26 Å². The van der Waals surface area contributed by atoms with E-state index in [1.165, 1.54) is 0 Å². The standard InChI is InChI=1S/C19H19N5O3/c25-17(13-26-14-6-2-1-3-7-14)24-11-5-4-8-16(24)19-22-18(23-27-19)15-12-20-9-10-21-15/h1-3,6-7,9-10,12,16H,4-5,8,11,13H2/t16-/m1/s1. The molecule has 8 nitrogen and oxygen atoms in total. The van der Waals surface area contributed by atoms with Crippen LogP contribution in [-0.4, -0.2) is 44.1 Å². The molecule has 3 aromatic rings. The molecular weight excluding hydrogens is 346 g/mol. The molecule has 8 heteroatoms. The first kappa shape index (κ1) is 17.1. The monoisotopic (exact) mass is 365 g/mol. The summed E-state index contributed by atoms with van der Waals surface area (Å²) in [6.45, 7) is 0.621. The van der Waals surface area contributed by atoms with Crippen molar-refractivity contribution >= 4 is 5.91 Å². The van der Waals surface area contributed by atoms with Gasteiger partial charge in [-0.2, -0.15) is 4.98 Å². The molecule has 1 saturated heterocycles. The van der Waals surface area contributed by atoms with Crippen molar-refractivity contribution in [3.8, 4) is 17.3 Å². The van der Waals surface area contributed by atoms with Crippen molar-refractivity contribution in [2.45, 2.75) is 25.3 Å². The number of benzene rings is 1. The van der Waals surface area contributed by atoms with E-state index in [1.807, 2.05) is 30.3 Å². The topological polar surface area (TPSA) is 94.2 Å². The van der Waals surface area contributed by atoms with Crippen LogP contribution in [0.25, 0.3) is 11.5 Å². The third-order valence-corrected chi connectivity index (χ3v) is 4.45. The number of hydrogen-bond donors (Lipinski definition) is 0. The highest BCUT2D eigenvalue weighted by Crippen LogP contribution is 2.31. The van der Waals surface area contributed by atoms with Crippen molar-refractivity contribution in [3.63, 3.8) is 0 Å². The molecule has 2 aromatic heterocycles. The maximum Gasteiger partial charge on any atom is 0.261 e. The predicted molar refractivity (Wildman–Crippen MR) is 95.6 cm³/mol. The Kier molecular flexibility index (Phi) is 5.04. The zero-order chi connectivity index (χ0) is 18.5. The Morgan fingerprint density at radius 1 is 1.22 bits per heavy atom. The highest BCUT2D eigenvalue weighted by atomic mass is 16.5. The van der Waals surface area contributed by atoms with Gasteiger partial charge in [-0.15, -0.1) is 0 Å². The first-order valence-electron chi connectivity index (χ1n) is 8.88. The molecule has 0 N–H and O–H groups in total. The first-order chi connectivity index (χ1) is 13.3. The lowest BCUT2D eigenvalue weighted by Crippen LogP contribution is -2.41. The van der Waals surface area contributed by atoms with E-state index in [-0.39, 0.29) is 18.6 Å². The van der Waals surface area contributed by atoms with E-state index < -0.39 is 0 Å². The lowest BCUT2D eigenvalue weighted by molar-refractivity contribution is -0.138. The molecular formula is C19H19N5O3. The fraction of sp³-hybridized carbons (Fsp3) is 0.316. The van der Waals surface area contributed by atoms with Gasteiger partial charge in [0, 0.05) is 18.9 Å². The van der Waals surface area contributed by atoms with Gasteiger partial charge in [0.1, 0.15) is 17.5 Å². The second kappa shape index (κ2) is 7.94. The van der Waals surface area contributed by atoms with E-state index >= 15 is 0 Å². The van der Waals surface area contributed by atoms with Crippen LogP contribution in [0.1, 0.15) is 31.2 Å². The number of amides is 1. The number of carbonyl (C=O) groups excluding carboxylic acids is 1. The highest BCUT2D eigenvalue weighted by molar-refractivity contribution is 5.78. The highest BCUT2D eigenvalue weighted by Gasteiger charge is 2.32. The normalized spacial score (nSPS) is 16.9. The van der Waals surface area contributed by atoms with E-state index in [1.54, 1.807) is 23.5 Å². The molecule has 4 rings (SSSR count). The van der Waals surface area contributed by atoms with Gasteiger partial charge in [-0.3, -0.25) is 9.78 Å². The van der Waals surface area contributed by atoms with Gasteiger partial charge in [0.05, 0.1) is 6.20 Å². The molecule has 1 aliphatic rings. The Hall–Kier alpha value is -3.29. The molecule has 1 amide bonds. The Balaban J connectivity index is 1.47. The minimum Gasteiger partial charge on any atom is -0.484 e. The SMILES string of the molecule is O=C(COc1ccccc1)N1CCCC[C@@H]1c1nc(-c2cnccn2)no1. The lowest BCUT2D eigenvalue weighted by Gasteiger charge is -2.33. The second-order valence-electron chi connectivity index (χ2n) is 6.25. The summed E-state index contributed by atoms with van der Waals surface area (Å²) in [6.07, 6.45) is 7.45. The van der Waals surface area contributed by atoms with Crippen molar-refractivity contribution in [2.75, 3.05) is 13.2 Å². The van der Waals surface area contributed by atoms with E-state index in [0.717, 1.165) is 19.3 Å². The number of aromatic nitrogens is 4. The average Bonchev–Trinajstić information content (AvgIpc) is 3.23.